The largest absolute Gasteiger partial charge is 0.426 e. The minimum Gasteiger partial charge on any atom is -0.405 e. The number of rotatable bonds is 7. The van der Waals surface area contributed by atoms with Gasteiger partial charge in [-0.15, -0.1) is 5.10 Å². The van der Waals surface area contributed by atoms with Crippen LogP contribution in [0.1, 0.15) is 35.2 Å². The number of aromatic nitrogens is 3. The first-order valence-corrected chi connectivity index (χ1v) is 10.1. The Hall–Kier alpha value is -3.93. The molecule has 0 aliphatic rings. The first-order chi connectivity index (χ1) is 16.0. The number of nitrogens with one attached hydrogen (secondary N) is 1. The molecule has 34 heavy (non-hydrogen) atoms. The van der Waals surface area contributed by atoms with Crippen LogP contribution in [-0.4, -0.2) is 31.8 Å². The number of nitrogens with two attached hydrogens (primary N) is 1. The number of anilines is 1. The van der Waals surface area contributed by atoms with Crippen molar-refractivity contribution < 1.29 is 31.9 Å². The van der Waals surface area contributed by atoms with Crippen molar-refractivity contribution in [1.29, 1.82) is 0 Å². The molecular weight excluding hydrogens is 458 g/mol. The lowest BCUT2D eigenvalue weighted by Gasteiger charge is -2.25. The first-order valence-electron chi connectivity index (χ1n) is 10.1. The number of carbonyl (C=O) groups is 1. The number of fused-ring (bicyclic) bond motifs is 1. The summed E-state index contributed by atoms with van der Waals surface area (Å²) in [6.07, 6.45) is -4.00. The lowest BCUT2D eigenvalue weighted by Crippen LogP contribution is -2.42. The summed E-state index contributed by atoms with van der Waals surface area (Å²) in [6, 6.07) is 10.3. The van der Waals surface area contributed by atoms with E-state index in [4.69, 9.17) is 10.2 Å². The van der Waals surface area contributed by atoms with E-state index in [-0.39, 0.29) is 18.1 Å². The maximum absolute atomic E-state index is 13.3. The molecule has 0 spiro atoms. The number of halogens is 4. The van der Waals surface area contributed by atoms with E-state index in [9.17, 15) is 27.5 Å². The van der Waals surface area contributed by atoms with Crippen LogP contribution in [0.5, 0.6) is 0 Å². The van der Waals surface area contributed by atoms with Gasteiger partial charge in [-0.05, 0) is 60.0 Å². The monoisotopic (exact) mass is 477 g/mol. The summed E-state index contributed by atoms with van der Waals surface area (Å²) in [5.74, 6) is -2.04. The Morgan fingerprint density at radius 2 is 1.88 bits per heavy atom. The predicted molar refractivity (Wildman–Crippen MR) is 113 cm³/mol. The van der Waals surface area contributed by atoms with Crippen LogP contribution in [-0.2, 0) is 12.1 Å². The second-order valence-corrected chi connectivity index (χ2v) is 7.59. The summed E-state index contributed by atoms with van der Waals surface area (Å²) in [5, 5.41) is 19.5. The lowest BCUT2D eigenvalue weighted by molar-refractivity contribution is -0.275. The molecule has 1 aromatic carbocycles. The molecule has 0 aliphatic heterocycles. The van der Waals surface area contributed by atoms with E-state index in [1.54, 1.807) is 28.8 Å². The van der Waals surface area contributed by atoms with E-state index in [2.05, 4.69) is 15.5 Å². The number of hydrogen-bond donors (Lipinski definition) is 3. The molecule has 3 aromatic heterocycles. The molecule has 0 radical (unpaired) electrons. The van der Waals surface area contributed by atoms with E-state index in [1.807, 2.05) is 0 Å². The van der Waals surface area contributed by atoms with Crippen molar-refractivity contribution in [3.63, 3.8) is 0 Å². The van der Waals surface area contributed by atoms with Crippen LogP contribution in [0, 0.1) is 5.82 Å². The third kappa shape index (κ3) is 4.07. The number of carbonyl (C=O) groups excluding carboxylic acids is 1. The van der Waals surface area contributed by atoms with Gasteiger partial charge in [-0.3, -0.25) is 4.79 Å². The molecular formula is C22H19F4N5O3. The molecule has 0 bridgehead atoms. The number of pyridine rings is 1. The average molecular weight is 477 g/mol. The number of hydrogen-bond acceptors (Lipinski definition) is 6. The van der Waals surface area contributed by atoms with Crippen molar-refractivity contribution in [2.45, 2.75) is 31.7 Å². The Morgan fingerprint density at radius 3 is 2.50 bits per heavy atom. The van der Waals surface area contributed by atoms with Crippen molar-refractivity contribution >= 4 is 17.4 Å². The summed E-state index contributed by atoms with van der Waals surface area (Å²) in [6.45, 7) is 1.25. The lowest BCUT2D eigenvalue weighted by atomic mass is 10.0. The van der Waals surface area contributed by atoms with E-state index < -0.39 is 35.8 Å². The quantitative estimate of drug-likeness (QED) is 0.346. The minimum absolute atomic E-state index is 0.0949. The van der Waals surface area contributed by atoms with Crippen LogP contribution >= 0.6 is 0 Å². The third-order valence-corrected chi connectivity index (χ3v) is 5.42. The normalized spacial score (nSPS) is 13.7. The Labute approximate surface area is 190 Å². The molecule has 0 aliphatic carbocycles. The van der Waals surface area contributed by atoms with Gasteiger partial charge in [-0.1, -0.05) is 12.0 Å². The van der Waals surface area contributed by atoms with Crippen molar-refractivity contribution in [2.24, 2.45) is 5.73 Å². The van der Waals surface area contributed by atoms with E-state index in [0.29, 0.717) is 22.3 Å². The Bertz CT molecular complexity index is 1350. The molecule has 8 nitrogen and oxygen atoms in total. The molecule has 4 N–H and O–H groups in total. The number of amides is 1. The van der Waals surface area contributed by atoms with Crippen LogP contribution in [0.3, 0.4) is 0 Å². The van der Waals surface area contributed by atoms with Crippen LogP contribution in [0.15, 0.2) is 53.1 Å². The van der Waals surface area contributed by atoms with Crippen LogP contribution < -0.4 is 11.1 Å². The van der Waals surface area contributed by atoms with Gasteiger partial charge >= 0.3 is 12.2 Å². The zero-order chi connectivity index (χ0) is 24.7. The number of primary amides is 1. The predicted octanol–water partition coefficient (Wildman–Crippen LogP) is 4.00. The van der Waals surface area contributed by atoms with Gasteiger partial charge in [-0.2, -0.15) is 13.2 Å². The average Bonchev–Trinajstić information content (AvgIpc) is 3.42. The highest BCUT2D eigenvalue weighted by Crippen LogP contribution is 2.41. The van der Waals surface area contributed by atoms with Crippen LogP contribution in [0.2, 0.25) is 0 Å². The standard InChI is InChI=1S/C22H19F4N5O3/c1-2-21(33,22(24,25)26)19-29-30-20(34-19)28-11-12-7-8-31-15(9-12)10-16(18(27)32)17(31)13-3-5-14(23)6-4-13/h3-10,33H,2,11H2,1H3,(H2,27,32)(H,28,30). The SMILES string of the molecule is CCC(O)(c1nnc(NCc2ccn3c(-c4ccc(F)cc4)c(C(N)=O)cc3c2)o1)C(F)(F)F. The Balaban J connectivity index is 1.60. The van der Waals surface area contributed by atoms with Crippen molar-refractivity contribution in [1.82, 2.24) is 14.6 Å². The summed E-state index contributed by atoms with van der Waals surface area (Å²) in [7, 11) is 0. The fourth-order valence-corrected chi connectivity index (χ4v) is 3.54. The maximum atomic E-state index is 13.3. The molecule has 0 saturated heterocycles. The van der Waals surface area contributed by atoms with Crippen LogP contribution in [0.4, 0.5) is 23.6 Å². The number of alkyl halides is 3. The van der Waals surface area contributed by atoms with Crippen molar-refractivity contribution in [2.75, 3.05) is 5.32 Å². The zero-order valence-corrected chi connectivity index (χ0v) is 17.7. The van der Waals surface area contributed by atoms with E-state index in [0.717, 1.165) is 6.92 Å². The van der Waals surface area contributed by atoms with Crippen LogP contribution in [0.25, 0.3) is 16.8 Å². The number of aliphatic hydroxyl groups is 1. The van der Waals surface area contributed by atoms with Gasteiger partial charge in [0.1, 0.15) is 5.82 Å². The van der Waals surface area contributed by atoms with E-state index in [1.165, 1.54) is 24.3 Å². The molecule has 1 amide bonds. The smallest absolute Gasteiger partial charge is 0.405 e. The number of nitrogens with zero attached hydrogens (tertiary/aromatic N) is 3. The fraction of sp³-hybridized carbons (Fsp3) is 0.227. The molecule has 0 saturated carbocycles. The fourth-order valence-electron chi connectivity index (χ4n) is 3.54. The topological polar surface area (TPSA) is 119 Å². The Kier molecular flexibility index (Phi) is 5.77. The van der Waals surface area contributed by atoms with Gasteiger partial charge in [0.15, 0.2) is 0 Å². The molecule has 4 aromatic rings. The molecule has 0 fully saturated rings. The summed E-state index contributed by atoms with van der Waals surface area (Å²) < 4.78 is 59.6. The first kappa shape index (κ1) is 23.2. The summed E-state index contributed by atoms with van der Waals surface area (Å²) >= 11 is 0. The zero-order valence-electron chi connectivity index (χ0n) is 17.7. The minimum atomic E-state index is -4.98. The van der Waals surface area contributed by atoms with E-state index >= 15 is 0 Å². The van der Waals surface area contributed by atoms with Crippen molar-refractivity contribution in [3.05, 3.63) is 71.5 Å². The van der Waals surface area contributed by atoms with Gasteiger partial charge in [-0.25, -0.2) is 4.39 Å². The highest BCUT2D eigenvalue weighted by Gasteiger charge is 2.57. The second-order valence-electron chi connectivity index (χ2n) is 7.59. The third-order valence-electron chi connectivity index (χ3n) is 5.42. The summed E-state index contributed by atoms with van der Waals surface area (Å²) in [5.41, 5.74) is 4.89. The molecule has 3 heterocycles. The Morgan fingerprint density at radius 1 is 1.18 bits per heavy atom. The van der Waals surface area contributed by atoms with Crippen molar-refractivity contribution in [3.8, 4) is 11.3 Å². The van der Waals surface area contributed by atoms with Gasteiger partial charge < -0.3 is 25.0 Å². The molecule has 4 rings (SSSR count). The molecule has 178 valence electrons. The number of benzene rings is 1. The molecule has 12 heteroatoms. The van der Waals surface area contributed by atoms with Gasteiger partial charge in [0.25, 0.3) is 11.8 Å². The van der Waals surface area contributed by atoms with Gasteiger partial charge in [0.05, 0.1) is 11.3 Å². The van der Waals surface area contributed by atoms with Gasteiger partial charge in [0, 0.05) is 18.3 Å². The molecule has 1 unspecified atom stereocenters. The highest BCUT2D eigenvalue weighted by atomic mass is 19.4. The van der Waals surface area contributed by atoms with Gasteiger partial charge in [0.2, 0.25) is 5.60 Å². The second kappa shape index (κ2) is 8.45. The highest BCUT2D eigenvalue weighted by molar-refractivity contribution is 6.01. The summed E-state index contributed by atoms with van der Waals surface area (Å²) in [4.78, 5) is 12.0. The molecule has 1 atom stereocenters. The maximum Gasteiger partial charge on any atom is 0.426 e.